The van der Waals surface area contributed by atoms with E-state index >= 15 is 0 Å². The van der Waals surface area contributed by atoms with Crippen LogP contribution in [0.3, 0.4) is 0 Å². The number of rotatable bonds is 2. The second kappa shape index (κ2) is 7.50. The van der Waals surface area contributed by atoms with Crippen molar-refractivity contribution in [2.45, 2.75) is 26.4 Å². The van der Waals surface area contributed by atoms with Gasteiger partial charge in [-0.15, -0.1) is 0 Å². The highest BCUT2D eigenvalue weighted by atomic mass is 35.5. The lowest BCUT2D eigenvalue weighted by molar-refractivity contribution is 0.0240. The maximum atomic E-state index is 12.2. The Kier molecular flexibility index (Phi) is 5.32. The molecule has 1 aliphatic rings. The van der Waals surface area contributed by atoms with Gasteiger partial charge in [0.25, 0.3) is 0 Å². The molecule has 0 radical (unpaired) electrons. The summed E-state index contributed by atoms with van der Waals surface area (Å²) in [6.07, 6.45) is 3.11. The summed E-state index contributed by atoms with van der Waals surface area (Å²) in [7, 11) is 0. The number of ether oxygens (including phenoxy) is 1. The van der Waals surface area contributed by atoms with Crippen molar-refractivity contribution in [2.75, 3.05) is 31.1 Å². The predicted molar refractivity (Wildman–Crippen MR) is 102 cm³/mol. The molecule has 1 saturated heterocycles. The van der Waals surface area contributed by atoms with Crippen LogP contribution in [0.1, 0.15) is 20.8 Å². The first-order valence-electron chi connectivity index (χ1n) is 8.63. The zero-order valence-corrected chi connectivity index (χ0v) is 16.0. The SMILES string of the molecule is CC(C)(C)OC(=O)N1CCN(c2nccnc2-c2ccc(Cl)cc2)CC1. The molecule has 0 atom stereocenters. The molecular formula is C19H23ClN4O2. The summed E-state index contributed by atoms with van der Waals surface area (Å²) in [5.41, 5.74) is 1.29. The number of piperazine rings is 1. The quantitative estimate of drug-likeness (QED) is 0.799. The van der Waals surface area contributed by atoms with Crippen molar-refractivity contribution < 1.29 is 9.53 Å². The fourth-order valence-corrected chi connectivity index (χ4v) is 2.93. The molecule has 0 spiro atoms. The van der Waals surface area contributed by atoms with E-state index < -0.39 is 5.60 Å². The Balaban J connectivity index is 1.72. The molecule has 2 aromatic rings. The van der Waals surface area contributed by atoms with E-state index in [2.05, 4.69) is 14.9 Å². The number of anilines is 1. The van der Waals surface area contributed by atoms with Gasteiger partial charge in [0.2, 0.25) is 0 Å². The maximum Gasteiger partial charge on any atom is 0.410 e. The first kappa shape index (κ1) is 18.5. The van der Waals surface area contributed by atoms with Crippen LogP contribution in [0.5, 0.6) is 0 Å². The van der Waals surface area contributed by atoms with E-state index in [0.29, 0.717) is 31.2 Å². The average molecular weight is 375 g/mol. The van der Waals surface area contributed by atoms with Crippen LogP contribution in [0.2, 0.25) is 5.02 Å². The van der Waals surface area contributed by atoms with Crippen LogP contribution in [-0.2, 0) is 4.74 Å². The number of hydrogen-bond acceptors (Lipinski definition) is 5. The molecule has 0 saturated carbocycles. The van der Waals surface area contributed by atoms with Gasteiger partial charge >= 0.3 is 6.09 Å². The molecule has 6 nitrogen and oxygen atoms in total. The Morgan fingerprint density at radius 3 is 2.27 bits per heavy atom. The van der Waals surface area contributed by atoms with Crippen molar-refractivity contribution in [3.05, 3.63) is 41.7 Å². The van der Waals surface area contributed by atoms with E-state index in [9.17, 15) is 4.79 Å². The Labute approximate surface area is 158 Å². The Morgan fingerprint density at radius 1 is 1.04 bits per heavy atom. The number of carbonyl (C=O) groups excluding carboxylic acids is 1. The Hall–Kier alpha value is -2.34. The third-order valence-electron chi connectivity index (χ3n) is 4.03. The molecule has 7 heteroatoms. The molecule has 26 heavy (non-hydrogen) atoms. The minimum absolute atomic E-state index is 0.269. The molecule has 138 valence electrons. The second-order valence-electron chi connectivity index (χ2n) is 7.19. The van der Waals surface area contributed by atoms with Gasteiger partial charge in [0.1, 0.15) is 11.3 Å². The lowest BCUT2D eigenvalue weighted by atomic mass is 10.1. The fourth-order valence-electron chi connectivity index (χ4n) is 2.80. The highest BCUT2D eigenvalue weighted by Crippen LogP contribution is 2.28. The fraction of sp³-hybridized carbons (Fsp3) is 0.421. The van der Waals surface area contributed by atoms with Crippen molar-refractivity contribution in [1.29, 1.82) is 0 Å². The first-order chi connectivity index (χ1) is 12.3. The summed E-state index contributed by atoms with van der Waals surface area (Å²) in [5, 5.41) is 0.685. The highest BCUT2D eigenvalue weighted by molar-refractivity contribution is 6.30. The normalized spacial score (nSPS) is 15.1. The minimum Gasteiger partial charge on any atom is -0.444 e. The van der Waals surface area contributed by atoms with Crippen LogP contribution in [0.15, 0.2) is 36.7 Å². The van der Waals surface area contributed by atoms with E-state index in [-0.39, 0.29) is 6.09 Å². The molecular weight excluding hydrogens is 352 g/mol. The number of hydrogen-bond donors (Lipinski definition) is 0. The van der Waals surface area contributed by atoms with Crippen LogP contribution >= 0.6 is 11.6 Å². The van der Waals surface area contributed by atoms with Crippen molar-refractivity contribution in [1.82, 2.24) is 14.9 Å². The van der Waals surface area contributed by atoms with Crippen molar-refractivity contribution in [3.8, 4) is 11.3 Å². The zero-order chi connectivity index (χ0) is 18.7. The number of carbonyl (C=O) groups is 1. The molecule has 0 bridgehead atoms. The molecule has 1 aliphatic heterocycles. The van der Waals surface area contributed by atoms with Gasteiger partial charge in [-0.25, -0.2) is 9.78 Å². The van der Waals surface area contributed by atoms with E-state index in [1.165, 1.54) is 0 Å². The number of nitrogens with zero attached hydrogens (tertiary/aromatic N) is 4. The van der Waals surface area contributed by atoms with Crippen molar-refractivity contribution >= 4 is 23.5 Å². The minimum atomic E-state index is -0.485. The number of halogens is 1. The molecule has 1 amide bonds. The maximum absolute atomic E-state index is 12.2. The van der Waals surface area contributed by atoms with Crippen LogP contribution in [0.4, 0.5) is 10.6 Å². The van der Waals surface area contributed by atoms with Gasteiger partial charge in [-0.05, 0) is 32.9 Å². The topological polar surface area (TPSA) is 58.6 Å². The van der Waals surface area contributed by atoms with Crippen molar-refractivity contribution in [2.24, 2.45) is 0 Å². The van der Waals surface area contributed by atoms with E-state index in [1.807, 2.05) is 45.0 Å². The number of amides is 1. The van der Waals surface area contributed by atoms with E-state index in [1.54, 1.807) is 17.3 Å². The Morgan fingerprint density at radius 2 is 1.65 bits per heavy atom. The molecule has 0 N–H and O–H groups in total. The van der Waals surface area contributed by atoms with Crippen LogP contribution in [0.25, 0.3) is 11.3 Å². The largest absolute Gasteiger partial charge is 0.444 e. The summed E-state index contributed by atoms with van der Waals surface area (Å²) >= 11 is 5.98. The lowest BCUT2D eigenvalue weighted by Crippen LogP contribution is -2.50. The van der Waals surface area contributed by atoms with Crippen LogP contribution < -0.4 is 4.90 Å². The summed E-state index contributed by atoms with van der Waals surface area (Å²) in [5.74, 6) is 0.818. The van der Waals surface area contributed by atoms with Crippen LogP contribution in [0, 0.1) is 0 Å². The van der Waals surface area contributed by atoms with Gasteiger partial charge in [0.15, 0.2) is 5.82 Å². The first-order valence-corrected chi connectivity index (χ1v) is 9.01. The highest BCUT2D eigenvalue weighted by Gasteiger charge is 2.27. The average Bonchev–Trinajstić information content (AvgIpc) is 2.61. The van der Waals surface area contributed by atoms with Gasteiger partial charge in [-0.1, -0.05) is 23.7 Å². The summed E-state index contributed by atoms with van der Waals surface area (Å²) in [6.45, 7) is 8.16. The predicted octanol–water partition coefficient (Wildman–Crippen LogP) is 3.85. The molecule has 3 rings (SSSR count). The summed E-state index contributed by atoms with van der Waals surface area (Å²) < 4.78 is 5.45. The zero-order valence-electron chi connectivity index (χ0n) is 15.3. The summed E-state index contributed by atoms with van der Waals surface area (Å²) in [6, 6.07) is 7.56. The number of benzene rings is 1. The Bertz CT molecular complexity index is 766. The lowest BCUT2D eigenvalue weighted by Gasteiger charge is -2.36. The molecule has 1 aromatic heterocycles. The van der Waals surface area contributed by atoms with Crippen molar-refractivity contribution in [3.63, 3.8) is 0 Å². The molecule has 0 aliphatic carbocycles. The summed E-state index contributed by atoms with van der Waals surface area (Å²) in [4.78, 5) is 25.1. The van der Waals surface area contributed by atoms with Gasteiger partial charge in [-0.3, -0.25) is 4.98 Å². The molecule has 1 aromatic carbocycles. The van der Waals surface area contributed by atoms with E-state index in [4.69, 9.17) is 16.3 Å². The molecule has 2 heterocycles. The molecule has 1 fully saturated rings. The third kappa shape index (κ3) is 4.43. The van der Waals surface area contributed by atoms with Gasteiger partial charge in [0.05, 0.1) is 0 Å². The third-order valence-corrected chi connectivity index (χ3v) is 4.28. The van der Waals surface area contributed by atoms with Gasteiger partial charge in [-0.2, -0.15) is 0 Å². The smallest absolute Gasteiger partial charge is 0.410 e. The standard InChI is InChI=1S/C19H23ClN4O2/c1-19(2,3)26-18(25)24-12-10-23(11-13-24)17-16(21-8-9-22-17)14-4-6-15(20)7-5-14/h4-9H,10-13H2,1-3H3. The second-order valence-corrected chi connectivity index (χ2v) is 7.63. The number of aromatic nitrogens is 2. The van der Waals surface area contributed by atoms with Gasteiger partial charge in [0, 0.05) is 49.2 Å². The van der Waals surface area contributed by atoms with E-state index in [0.717, 1.165) is 17.1 Å². The molecule has 0 unspecified atom stereocenters. The van der Waals surface area contributed by atoms with Crippen LogP contribution in [-0.4, -0.2) is 52.7 Å². The monoisotopic (exact) mass is 374 g/mol. The van der Waals surface area contributed by atoms with Gasteiger partial charge < -0.3 is 14.5 Å².